The summed E-state index contributed by atoms with van der Waals surface area (Å²) >= 11 is 0. The maximum Gasteiger partial charge on any atom is 0.250 e. The number of anilines is 3. The summed E-state index contributed by atoms with van der Waals surface area (Å²) in [7, 11) is -1.79. The van der Waals surface area contributed by atoms with Gasteiger partial charge in [-0.15, -0.1) is 0 Å². The van der Waals surface area contributed by atoms with Gasteiger partial charge in [0.25, 0.3) is 0 Å². The van der Waals surface area contributed by atoms with Crippen LogP contribution >= 0.6 is 0 Å². The maximum atomic E-state index is 6.34. The van der Waals surface area contributed by atoms with Crippen LogP contribution < -0.4 is 14.6 Å². The lowest BCUT2D eigenvalue weighted by molar-refractivity contribution is 0.492. The lowest BCUT2D eigenvalue weighted by Gasteiger charge is -2.36. The lowest BCUT2D eigenvalue weighted by Crippen LogP contribution is -2.43. The molecule has 0 radical (unpaired) electrons. The fourth-order valence-electron chi connectivity index (χ4n) is 2.57. The second-order valence-corrected chi connectivity index (χ2v) is 13.0. The van der Waals surface area contributed by atoms with Gasteiger partial charge in [0.05, 0.1) is 0 Å². The first-order chi connectivity index (χ1) is 12.2. The van der Waals surface area contributed by atoms with E-state index in [9.17, 15) is 0 Å². The number of nitrogens with one attached hydrogen (secondary N) is 1. The van der Waals surface area contributed by atoms with E-state index in [1.54, 1.807) is 0 Å². The third-order valence-corrected chi connectivity index (χ3v) is 9.68. The largest absolute Gasteiger partial charge is 0.544 e. The van der Waals surface area contributed by atoms with E-state index in [-0.39, 0.29) is 5.04 Å². The first-order valence-electron chi connectivity index (χ1n) is 9.57. The van der Waals surface area contributed by atoms with E-state index < -0.39 is 8.32 Å². The van der Waals surface area contributed by atoms with Crippen LogP contribution in [0.3, 0.4) is 0 Å². The van der Waals surface area contributed by atoms with Crippen molar-refractivity contribution < 1.29 is 4.43 Å². The van der Waals surface area contributed by atoms with Crippen molar-refractivity contribution in [2.24, 2.45) is 0 Å². The molecule has 0 saturated carbocycles. The molecule has 0 heterocycles. The molecule has 2 aromatic carbocycles. The van der Waals surface area contributed by atoms with Gasteiger partial charge in [-0.25, -0.2) is 0 Å². The van der Waals surface area contributed by atoms with Crippen LogP contribution in [0.4, 0.5) is 17.1 Å². The predicted molar refractivity (Wildman–Crippen MR) is 118 cm³/mol. The molecule has 2 rings (SSSR count). The minimum atomic E-state index is -1.79. The minimum Gasteiger partial charge on any atom is -0.544 e. The van der Waals surface area contributed by atoms with Gasteiger partial charge < -0.3 is 14.6 Å². The zero-order valence-corrected chi connectivity index (χ0v) is 18.4. The summed E-state index contributed by atoms with van der Waals surface area (Å²) in [4.78, 5) is 2.34. The van der Waals surface area contributed by atoms with Gasteiger partial charge in [-0.2, -0.15) is 0 Å². The Morgan fingerprint density at radius 1 is 0.846 bits per heavy atom. The third-order valence-electron chi connectivity index (χ3n) is 5.32. The van der Waals surface area contributed by atoms with Crippen LogP contribution in [-0.2, 0) is 0 Å². The Hall–Kier alpha value is -1.94. The Morgan fingerprint density at radius 3 is 1.73 bits per heavy atom. The van der Waals surface area contributed by atoms with Crippen molar-refractivity contribution in [1.29, 1.82) is 0 Å². The highest BCUT2D eigenvalue weighted by atomic mass is 28.4. The van der Waals surface area contributed by atoms with Crippen LogP contribution in [0.25, 0.3) is 0 Å². The number of benzene rings is 2. The van der Waals surface area contributed by atoms with Crippen molar-refractivity contribution in [3.05, 3.63) is 48.5 Å². The fourth-order valence-corrected chi connectivity index (χ4v) is 3.60. The highest BCUT2D eigenvalue weighted by Crippen LogP contribution is 2.37. The molecule has 0 spiro atoms. The SMILES string of the molecule is CCN(CC)c1ccc(Nc2ccc(O[Si](C)(C)C(C)(C)C)cc2)cc1. The van der Waals surface area contributed by atoms with Crippen LogP contribution in [0.1, 0.15) is 34.6 Å². The molecule has 2 aromatic rings. The summed E-state index contributed by atoms with van der Waals surface area (Å²) in [5.74, 6) is 0.957. The van der Waals surface area contributed by atoms with Gasteiger partial charge in [-0.3, -0.25) is 0 Å². The normalized spacial score (nSPS) is 12.0. The summed E-state index contributed by atoms with van der Waals surface area (Å²) in [6, 6.07) is 16.9. The molecule has 0 bridgehead atoms. The first-order valence-corrected chi connectivity index (χ1v) is 12.5. The van der Waals surface area contributed by atoms with Crippen LogP contribution in [0, 0.1) is 0 Å². The van der Waals surface area contributed by atoms with Crippen LogP contribution in [0.15, 0.2) is 48.5 Å². The summed E-state index contributed by atoms with van der Waals surface area (Å²) in [6.45, 7) is 17.8. The molecule has 0 amide bonds. The predicted octanol–water partition coefficient (Wildman–Crippen LogP) is 6.66. The molecule has 0 atom stereocenters. The Bertz CT molecular complexity index is 684. The molecular formula is C22H34N2OSi. The molecule has 0 unspecified atom stereocenters. The summed E-state index contributed by atoms with van der Waals surface area (Å²) in [5, 5.41) is 3.67. The van der Waals surface area contributed by atoms with Crippen molar-refractivity contribution >= 4 is 25.4 Å². The molecule has 3 nitrogen and oxygen atoms in total. The van der Waals surface area contributed by atoms with E-state index in [4.69, 9.17) is 4.43 Å². The molecule has 4 heteroatoms. The number of hydrogen-bond donors (Lipinski definition) is 1. The van der Waals surface area contributed by atoms with E-state index in [0.29, 0.717) is 0 Å². The smallest absolute Gasteiger partial charge is 0.250 e. The average molecular weight is 371 g/mol. The van der Waals surface area contributed by atoms with E-state index in [1.165, 1.54) is 5.69 Å². The Morgan fingerprint density at radius 2 is 1.31 bits per heavy atom. The highest BCUT2D eigenvalue weighted by molar-refractivity contribution is 6.74. The van der Waals surface area contributed by atoms with Gasteiger partial charge in [-0.1, -0.05) is 20.8 Å². The number of nitrogens with zero attached hydrogens (tertiary/aromatic N) is 1. The zero-order chi connectivity index (χ0) is 19.4. The Balaban J connectivity index is 2.03. The fraction of sp³-hybridized carbons (Fsp3) is 0.455. The van der Waals surface area contributed by atoms with Crippen molar-refractivity contribution in [3.8, 4) is 5.75 Å². The monoisotopic (exact) mass is 370 g/mol. The van der Waals surface area contributed by atoms with E-state index in [1.807, 2.05) is 0 Å². The molecule has 0 saturated heterocycles. The second kappa shape index (κ2) is 8.17. The quantitative estimate of drug-likeness (QED) is 0.551. The molecule has 0 fully saturated rings. The zero-order valence-electron chi connectivity index (χ0n) is 17.4. The van der Waals surface area contributed by atoms with Gasteiger partial charge in [0.15, 0.2) is 0 Å². The first kappa shape index (κ1) is 20.4. The van der Waals surface area contributed by atoms with Gasteiger partial charge in [-0.05, 0) is 80.5 Å². The summed E-state index contributed by atoms with van der Waals surface area (Å²) < 4.78 is 6.34. The van der Waals surface area contributed by atoms with E-state index >= 15 is 0 Å². The molecule has 0 aliphatic heterocycles. The van der Waals surface area contributed by atoms with Crippen molar-refractivity contribution in [2.45, 2.75) is 52.8 Å². The maximum absolute atomic E-state index is 6.34. The molecule has 0 aliphatic carbocycles. The number of hydrogen-bond acceptors (Lipinski definition) is 3. The Kier molecular flexibility index (Phi) is 6.40. The van der Waals surface area contributed by atoms with Gasteiger partial charge in [0.2, 0.25) is 8.32 Å². The van der Waals surface area contributed by atoms with Crippen molar-refractivity contribution in [1.82, 2.24) is 0 Å². The molecule has 0 aliphatic rings. The molecule has 1 N–H and O–H groups in total. The third kappa shape index (κ3) is 5.04. The second-order valence-electron chi connectivity index (χ2n) is 8.23. The van der Waals surface area contributed by atoms with Crippen LogP contribution in [0.5, 0.6) is 5.75 Å². The van der Waals surface area contributed by atoms with Crippen molar-refractivity contribution in [2.75, 3.05) is 23.3 Å². The molecule has 142 valence electrons. The average Bonchev–Trinajstić information content (AvgIpc) is 2.58. The minimum absolute atomic E-state index is 0.205. The van der Waals surface area contributed by atoms with E-state index in [0.717, 1.165) is 30.2 Å². The van der Waals surface area contributed by atoms with Gasteiger partial charge in [0, 0.05) is 30.2 Å². The highest BCUT2D eigenvalue weighted by Gasteiger charge is 2.38. The summed E-state index contributed by atoms with van der Waals surface area (Å²) in [5.41, 5.74) is 3.43. The Labute approximate surface area is 160 Å². The van der Waals surface area contributed by atoms with E-state index in [2.05, 4.69) is 106 Å². The summed E-state index contributed by atoms with van der Waals surface area (Å²) in [6.07, 6.45) is 0. The number of rotatable bonds is 7. The van der Waals surface area contributed by atoms with Crippen LogP contribution in [-0.4, -0.2) is 21.4 Å². The van der Waals surface area contributed by atoms with Gasteiger partial charge >= 0.3 is 0 Å². The molecule has 26 heavy (non-hydrogen) atoms. The molecule has 0 aromatic heterocycles. The molecular weight excluding hydrogens is 336 g/mol. The van der Waals surface area contributed by atoms with Crippen molar-refractivity contribution in [3.63, 3.8) is 0 Å². The standard InChI is InChI=1S/C22H34N2OSi/c1-8-24(9-2)20-14-10-18(11-15-20)23-19-12-16-21(17-13-19)25-26(6,7)22(3,4)5/h10-17,23H,8-9H2,1-7H3. The van der Waals surface area contributed by atoms with Gasteiger partial charge in [0.1, 0.15) is 5.75 Å². The lowest BCUT2D eigenvalue weighted by atomic mass is 10.2. The topological polar surface area (TPSA) is 24.5 Å². The van der Waals surface area contributed by atoms with Crippen LogP contribution in [0.2, 0.25) is 18.1 Å².